The van der Waals surface area contributed by atoms with Crippen molar-refractivity contribution in [3.63, 3.8) is 0 Å². The van der Waals surface area contributed by atoms with Crippen LogP contribution in [0.25, 0.3) is 0 Å². The van der Waals surface area contributed by atoms with Crippen molar-refractivity contribution in [2.45, 2.75) is 26.7 Å². The van der Waals surface area contributed by atoms with Gasteiger partial charge >= 0.3 is 0 Å². The number of nitrogens with one attached hydrogen (secondary N) is 2. The summed E-state index contributed by atoms with van der Waals surface area (Å²) in [6, 6.07) is 5.47. The highest BCUT2D eigenvalue weighted by Crippen LogP contribution is 2.20. The molecule has 4 nitrogen and oxygen atoms in total. The zero-order chi connectivity index (χ0) is 12.9. The van der Waals surface area contributed by atoms with E-state index in [1.54, 1.807) is 12.1 Å². The number of benzene rings is 1. The minimum atomic E-state index is -3.21. The van der Waals surface area contributed by atoms with E-state index in [0.29, 0.717) is 12.1 Å². The van der Waals surface area contributed by atoms with Crippen LogP contribution in [0.15, 0.2) is 18.2 Å². The average Bonchev–Trinajstić information content (AvgIpc) is 2.29. The van der Waals surface area contributed by atoms with E-state index in [2.05, 4.69) is 10.0 Å². The highest BCUT2D eigenvalue weighted by molar-refractivity contribution is 7.92. The predicted molar refractivity (Wildman–Crippen MR) is 73.0 cm³/mol. The smallest absolute Gasteiger partial charge is 0.232 e. The summed E-state index contributed by atoms with van der Waals surface area (Å²) in [5.74, 6) is 0.173. The summed E-state index contributed by atoms with van der Waals surface area (Å²) in [4.78, 5) is 0. The minimum Gasteiger partial charge on any atom is -0.388 e. The van der Waals surface area contributed by atoms with Crippen molar-refractivity contribution in [2.75, 3.05) is 22.8 Å². The third-order valence-electron chi connectivity index (χ3n) is 2.55. The molecule has 0 saturated heterocycles. The monoisotopic (exact) mass is 256 g/mol. The van der Waals surface area contributed by atoms with Crippen LogP contribution < -0.4 is 10.0 Å². The van der Waals surface area contributed by atoms with Crippen molar-refractivity contribution in [3.05, 3.63) is 23.8 Å². The molecule has 1 aromatic carbocycles. The molecule has 0 unspecified atom stereocenters. The van der Waals surface area contributed by atoms with Gasteiger partial charge in [0, 0.05) is 12.7 Å². The topological polar surface area (TPSA) is 58.2 Å². The van der Waals surface area contributed by atoms with Crippen LogP contribution in [0.2, 0.25) is 0 Å². The first-order valence-electron chi connectivity index (χ1n) is 5.77. The lowest BCUT2D eigenvalue weighted by Crippen LogP contribution is -2.16. The molecule has 17 heavy (non-hydrogen) atoms. The summed E-state index contributed by atoms with van der Waals surface area (Å²) in [6.45, 7) is 3.95. The Morgan fingerprint density at radius 2 is 2.00 bits per heavy atom. The molecule has 0 aromatic heterocycles. The Hall–Kier alpha value is -1.23. The van der Waals surface area contributed by atoms with Crippen molar-refractivity contribution in [3.8, 4) is 0 Å². The van der Waals surface area contributed by atoms with Crippen LogP contribution >= 0.6 is 0 Å². The summed E-state index contributed by atoms with van der Waals surface area (Å²) in [5, 5.41) is 3.03. The lowest BCUT2D eigenvalue weighted by Gasteiger charge is -2.11. The molecular weight excluding hydrogens is 236 g/mol. The molecule has 96 valence electrons. The van der Waals surface area contributed by atoms with Crippen LogP contribution in [0, 0.1) is 6.92 Å². The Morgan fingerprint density at radius 3 is 2.59 bits per heavy atom. The fraction of sp³-hybridized carbons (Fsp3) is 0.500. The van der Waals surface area contributed by atoms with E-state index >= 15 is 0 Å². The lowest BCUT2D eigenvalue weighted by atomic mass is 10.2. The molecule has 1 rings (SSSR count). The van der Waals surface area contributed by atoms with Crippen LogP contribution in [-0.4, -0.2) is 21.2 Å². The van der Waals surface area contributed by atoms with Crippen LogP contribution in [0.3, 0.4) is 0 Å². The van der Waals surface area contributed by atoms with E-state index in [1.165, 1.54) is 0 Å². The molecule has 0 amide bonds. The Kier molecular flexibility index (Phi) is 4.81. The first kappa shape index (κ1) is 13.8. The van der Waals surface area contributed by atoms with Crippen LogP contribution in [0.4, 0.5) is 11.4 Å². The van der Waals surface area contributed by atoms with Crippen molar-refractivity contribution >= 4 is 21.4 Å². The molecule has 2 N–H and O–H groups in total. The molecule has 0 aliphatic rings. The summed E-state index contributed by atoms with van der Waals surface area (Å²) in [6.07, 6.45) is 1.55. The van der Waals surface area contributed by atoms with Crippen molar-refractivity contribution in [1.82, 2.24) is 0 Å². The SMILES string of the molecule is CCCCS(=O)(=O)Nc1ccc(C)c(NC)c1. The highest BCUT2D eigenvalue weighted by Gasteiger charge is 2.10. The first-order chi connectivity index (χ1) is 7.98. The molecule has 0 heterocycles. The molecule has 0 saturated carbocycles. The lowest BCUT2D eigenvalue weighted by molar-refractivity contribution is 0.598. The summed E-state index contributed by atoms with van der Waals surface area (Å²) in [5.41, 5.74) is 2.63. The van der Waals surface area contributed by atoms with E-state index in [0.717, 1.165) is 17.7 Å². The van der Waals surface area contributed by atoms with Gasteiger partial charge in [-0.2, -0.15) is 0 Å². The zero-order valence-corrected chi connectivity index (χ0v) is 11.4. The van der Waals surface area contributed by atoms with Crippen molar-refractivity contribution in [1.29, 1.82) is 0 Å². The van der Waals surface area contributed by atoms with Gasteiger partial charge in [-0.05, 0) is 31.0 Å². The van der Waals surface area contributed by atoms with E-state index in [-0.39, 0.29) is 5.75 Å². The maximum absolute atomic E-state index is 11.7. The van der Waals surface area contributed by atoms with Crippen molar-refractivity contribution in [2.24, 2.45) is 0 Å². The number of anilines is 2. The number of aryl methyl sites for hydroxylation is 1. The van der Waals surface area contributed by atoms with Crippen LogP contribution in [0.1, 0.15) is 25.3 Å². The molecular formula is C12H20N2O2S. The first-order valence-corrected chi connectivity index (χ1v) is 7.42. The maximum Gasteiger partial charge on any atom is 0.232 e. The third-order valence-corrected chi connectivity index (χ3v) is 3.92. The van der Waals surface area contributed by atoms with Gasteiger partial charge in [0.2, 0.25) is 10.0 Å². The van der Waals surface area contributed by atoms with E-state index < -0.39 is 10.0 Å². The second-order valence-corrected chi connectivity index (χ2v) is 5.90. The van der Waals surface area contributed by atoms with E-state index in [9.17, 15) is 8.42 Å². The third kappa shape index (κ3) is 4.26. The Bertz CT molecular complexity index is 469. The van der Waals surface area contributed by atoms with Gasteiger partial charge in [0.15, 0.2) is 0 Å². The average molecular weight is 256 g/mol. The molecule has 0 aliphatic carbocycles. The number of hydrogen-bond donors (Lipinski definition) is 2. The molecule has 0 spiro atoms. The highest BCUT2D eigenvalue weighted by atomic mass is 32.2. The largest absolute Gasteiger partial charge is 0.388 e. The standard InChI is InChI=1S/C12H20N2O2S/c1-4-5-8-17(15,16)14-11-7-6-10(2)12(9-11)13-3/h6-7,9,13-14H,4-5,8H2,1-3H3. The zero-order valence-electron chi connectivity index (χ0n) is 10.6. The second-order valence-electron chi connectivity index (χ2n) is 4.05. The van der Waals surface area contributed by atoms with E-state index in [1.807, 2.05) is 27.0 Å². The van der Waals surface area contributed by atoms with Crippen LogP contribution in [0.5, 0.6) is 0 Å². The predicted octanol–water partition coefficient (Wildman–Crippen LogP) is 2.58. The number of hydrogen-bond acceptors (Lipinski definition) is 3. The van der Waals surface area contributed by atoms with Gasteiger partial charge in [0.05, 0.1) is 11.4 Å². The Labute approximate surface area is 103 Å². The Morgan fingerprint density at radius 1 is 1.29 bits per heavy atom. The maximum atomic E-state index is 11.7. The number of rotatable bonds is 6. The van der Waals surface area contributed by atoms with Crippen LogP contribution in [-0.2, 0) is 10.0 Å². The van der Waals surface area contributed by atoms with Gasteiger partial charge in [-0.1, -0.05) is 19.4 Å². The normalized spacial score (nSPS) is 11.2. The van der Waals surface area contributed by atoms with Gasteiger partial charge < -0.3 is 5.32 Å². The van der Waals surface area contributed by atoms with Gasteiger partial charge in [-0.15, -0.1) is 0 Å². The fourth-order valence-corrected chi connectivity index (χ4v) is 2.78. The quantitative estimate of drug-likeness (QED) is 0.822. The van der Waals surface area contributed by atoms with Gasteiger partial charge in [0.1, 0.15) is 0 Å². The molecule has 0 fully saturated rings. The second kappa shape index (κ2) is 5.91. The molecule has 0 atom stereocenters. The summed E-state index contributed by atoms with van der Waals surface area (Å²) >= 11 is 0. The Balaban J connectivity index is 2.81. The van der Waals surface area contributed by atoms with Gasteiger partial charge in [-0.25, -0.2) is 8.42 Å². The summed E-state index contributed by atoms with van der Waals surface area (Å²) < 4.78 is 26.0. The molecule has 0 bridgehead atoms. The number of unbranched alkanes of at least 4 members (excludes halogenated alkanes) is 1. The fourth-order valence-electron chi connectivity index (χ4n) is 1.52. The van der Waals surface area contributed by atoms with Crippen molar-refractivity contribution < 1.29 is 8.42 Å². The summed E-state index contributed by atoms with van der Waals surface area (Å²) in [7, 11) is -1.40. The number of sulfonamides is 1. The molecule has 0 aliphatic heterocycles. The molecule has 0 radical (unpaired) electrons. The van der Waals surface area contributed by atoms with Gasteiger partial charge in [-0.3, -0.25) is 4.72 Å². The van der Waals surface area contributed by atoms with E-state index in [4.69, 9.17) is 0 Å². The van der Waals surface area contributed by atoms with Gasteiger partial charge in [0.25, 0.3) is 0 Å². The minimum absolute atomic E-state index is 0.173. The molecule has 1 aromatic rings. The molecule has 5 heteroatoms.